The van der Waals surface area contributed by atoms with E-state index >= 15 is 0 Å². The van der Waals surface area contributed by atoms with Crippen molar-refractivity contribution in [1.29, 1.82) is 0 Å². The van der Waals surface area contributed by atoms with Crippen LogP contribution in [-0.4, -0.2) is 43.1 Å². The minimum absolute atomic E-state index is 0.0968. The first-order chi connectivity index (χ1) is 12.5. The number of hydrogen-bond acceptors (Lipinski definition) is 3. The smallest absolute Gasteiger partial charge is 0.322 e. The van der Waals surface area contributed by atoms with Crippen LogP contribution in [-0.2, 0) is 4.79 Å². The maximum Gasteiger partial charge on any atom is 0.322 e. The molecule has 3 amide bonds. The number of carbonyl (C=O) groups excluding carboxylic acids is 2. The number of urea groups is 1. The average Bonchev–Trinajstić information content (AvgIpc) is 2.66. The molecule has 0 bridgehead atoms. The first kappa shape index (κ1) is 17.8. The molecule has 1 N–H and O–H groups in total. The summed E-state index contributed by atoms with van der Waals surface area (Å²) in [6.07, 6.45) is 0. The number of ether oxygens (including phenoxy) is 1. The van der Waals surface area contributed by atoms with Gasteiger partial charge in [0.25, 0.3) is 0 Å². The van der Waals surface area contributed by atoms with Crippen LogP contribution in [0, 0.1) is 6.92 Å². The second kappa shape index (κ2) is 7.47. The second-order valence-corrected chi connectivity index (χ2v) is 6.35. The lowest BCUT2D eigenvalue weighted by atomic mass is 10.1. The number of carbonyl (C=O) groups is 2. The van der Waals surface area contributed by atoms with Gasteiger partial charge in [-0.1, -0.05) is 17.7 Å². The van der Waals surface area contributed by atoms with Crippen molar-refractivity contribution in [2.45, 2.75) is 19.9 Å². The Kier molecular flexibility index (Phi) is 5.11. The molecule has 0 spiro atoms. The van der Waals surface area contributed by atoms with Crippen molar-refractivity contribution in [1.82, 2.24) is 4.90 Å². The molecule has 1 fully saturated rings. The Bertz CT molecular complexity index is 787. The summed E-state index contributed by atoms with van der Waals surface area (Å²) < 4.78 is 5.15. The van der Waals surface area contributed by atoms with Gasteiger partial charge in [0.15, 0.2) is 0 Å². The van der Waals surface area contributed by atoms with Crippen molar-refractivity contribution in [3.63, 3.8) is 0 Å². The molecular weight excluding hydrogens is 330 g/mol. The first-order valence-electron chi connectivity index (χ1n) is 8.59. The molecule has 0 aromatic heterocycles. The summed E-state index contributed by atoms with van der Waals surface area (Å²) in [6.45, 7) is 4.67. The largest absolute Gasteiger partial charge is 0.497 e. The molecule has 0 saturated carbocycles. The summed E-state index contributed by atoms with van der Waals surface area (Å²) in [5.74, 6) is 0.644. The quantitative estimate of drug-likeness (QED) is 0.921. The SMILES string of the molecule is COc1ccc(N2CCN(C(=O)Nc3ccc(C)cc3)C(C)C2=O)cc1. The van der Waals surface area contributed by atoms with Crippen LogP contribution in [0.25, 0.3) is 0 Å². The maximum atomic E-state index is 12.8. The van der Waals surface area contributed by atoms with Crippen molar-refractivity contribution < 1.29 is 14.3 Å². The van der Waals surface area contributed by atoms with Crippen LogP contribution in [0.1, 0.15) is 12.5 Å². The van der Waals surface area contributed by atoms with E-state index in [1.54, 1.807) is 23.8 Å². The normalized spacial score (nSPS) is 17.2. The zero-order valence-corrected chi connectivity index (χ0v) is 15.2. The standard InChI is InChI=1S/C20H23N3O3/c1-14-4-6-16(7-5-14)21-20(25)22-12-13-23(19(24)15(22)2)17-8-10-18(26-3)11-9-17/h4-11,15H,12-13H2,1-3H3,(H,21,25). The molecule has 1 unspecified atom stereocenters. The Hall–Kier alpha value is -3.02. The number of hydrogen-bond donors (Lipinski definition) is 1. The number of nitrogens with one attached hydrogen (secondary N) is 1. The number of aryl methyl sites for hydroxylation is 1. The molecular formula is C20H23N3O3. The fourth-order valence-electron chi connectivity index (χ4n) is 3.00. The van der Waals surface area contributed by atoms with E-state index in [2.05, 4.69) is 5.32 Å². The number of piperazine rings is 1. The van der Waals surface area contributed by atoms with Gasteiger partial charge in [0, 0.05) is 24.5 Å². The molecule has 0 radical (unpaired) electrons. The number of rotatable bonds is 3. The highest BCUT2D eigenvalue weighted by Gasteiger charge is 2.35. The average molecular weight is 353 g/mol. The fourth-order valence-corrected chi connectivity index (χ4v) is 3.00. The third-order valence-corrected chi connectivity index (χ3v) is 4.60. The van der Waals surface area contributed by atoms with E-state index in [1.165, 1.54) is 0 Å². The van der Waals surface area contributed by atoms with E-state index in [0.29, 0.717) is 13.1 Å². The van der Waals surface area contributed by atoms with Crippen molar-refractivity contribution in [2.75, 3.05) is 30.4 Å². The summed E-state index contributed by atoms with van der Waals surface area (Å²) in [6, 6.07) is 14.1. The summed E-state index contributed by atoms with van der Waals surface area (Å²) in [5, 5.41) is 2.86. The Morgan fingerprint density at radius 3 is 2.35 bits per heavy atom. The van der Waals surface area contributed by atoms with E-state index in [9.17, 15) is 9.59 Å². The summed E-state index contributed by atoms with van der Waals surface area (Å²) >= 11 is 0. The predicted octanol–water partition coefficient (Wildman–Crippen LogP) is 3.27. The van der Waals surface area contributed by atoms with Gasteiger partial charge in [-0.15, -0.1) is 0 Å². The van der Waals surface area contributed by atoms with Gasteiger partial charge >= 0.3 is 6.03 Å². The van der Waals surface area contributed by atoms with Gasteiger partial charge in [0.05, 0.1) is 7.11 Å². The summed E-state index contributed by atoms with van der Waals surface area (Å²) in [4.78, 5) is 28.6. The minimum atomic E-state index is -0.531. The van der Waals surface area contributed by atoms with Crippen molar-refractivity contribution in [3.05, 3.63) is 54.1 Å². The van der Waals surface area contributed by atoms with Crippen LogP contribution in [0.4, 0.5) is 16.2 Å². The van der Waals surface area contributed by atoms with Gasteiger partial charge in [0.1, 0.15) is 11.8 Å². The van der Waals surface area contributed by atoms with E-state index in [0.717, 1.165) is 22.7 Å². The van der Waals surface area contributed by atoms with Crippen LogP contribution in [0.5, 0.6) is 5.75 Å². The number of anilines is 2. The summed E-state index contributed by atoms with van der Waals surface area (Å²) in [5.41, 5.74) is 2.65. The Balaban J connectivity index is 1.68. The highest BCUT2D eigenvalue weighted by molar-refractivity contribution is 6.01. The molecule has 3 rings (SSSR count). The van der Waals surface area contributed by atoms with Crippen LogP contribution >= 0.6 is 0 Å². The Morgan fingerprint density at radius 1 is 1.08 bits per heavy atom. The van der Waals surface area contributed by atoms with Crippen molar-refractivity contribution in [3.8, 4) is 5.75 Å². The molecule has 26 heavy (non-hydrogen) atoms. The molecule has 1 aliphatic rings. The van der Waals surface area contributed by atoms with Crippen LogP contribution in [0.2, 0.25) is 0 Å². The number of nitrogens with zero attached hydrogens (tertiary/aromatic N) is 2. The first-order valence-corrected chi connectivity index (χ1v) is 8.59. The van der Waals surface area contributed by atoms with E-state index in [4.69, 9.17) is 4.74 Å². The molecule has 1 atom stereocenters. The zero-order valence-electron chi connectivity index (χ0n) is 15.2. The van der Waals surface area contributed by atoms with Gasteiger partial charge in [0.2, 0.25) is 5.91 Å². The fraction of sp³-hybridized carbons (Fsp3) is 0.300. The number of amides is 3. The minimum Gasteiger partial charge on any atom is -0.497 e. The molecule has 1 heterocycles. The van der Waals surface area contributed by atoms with Gasteiger partial charge < -0.3 is 19.9 Å². The molecule has 1 saturated heterocycles. The molecule has 136 valence electrons. The lowest BCUT2D eigenvalue weighted by molar-refractivity contribution is -0.123. The van der Waals surface area contributed by atoms with E-state index in [-0.39, 0.29) is 11.9 Å². The second-order valence-electron chi connectivity index (χ2n) is 6.35. The highest BCUT2D eigenvalue weighted by Crippen LogP contribution is 2.23. The third-order valence-electron chi connectivity index (χ3n) is 4.60. The van der Waals surface area contributed by atoms with Gasteiger partial charge in [-0.2, -0.15) is 0 Å². The lowest BCUT2D eigenvalue weighted by Gasteiger charge is -2.39. The topological polar surface area (TPSA) is 61.9 Å². The van der Waals surface area contributed by atoms with Gasteiger partial charge in [-0.05, 0) is 50.2 Å². The third kappa shape index (κ3) is 3.64. The number of benzene rings is 2. The Morgan fingerprint density at radius 2 is 1.73 bits per heavy atom. The molecule has 2 aromatic carbocycles. The summed E-state index contributed by atoms with van der Waals surface area (Å²) in [7, 11) is 1.60. The monoisotopic (exact) mass is 353 g/mol. The van der Waals surface area contributed by atoms with Gasteiger partial charge in [-0.25, -0.2) is 4.79 Å². The number of methoxy groups -OCH3 is 1. The van der Waals surface area contributed by atoms with Crippen LogP contribution < -0.4 is 15.0 Å². The predicted molar refractivity (Wildman–Crippen MR) is 102 cm³/mol. The van der Waals surface area contributed by atoms with Crippen molar-refractivity contribution in [2.24, 2.45) is 0 Å². The zero-order chi connectivity index (χ0) is 18.7. The van der Waals surface area contributed by atoms with Crippen LogP contribution in [0.15, 0.2) is 48.5 Å². The molecule has 6 heteroatoms. The van der Waals surface area contributed by atoms with Crippen LogP contribution in [0.3, 0.4) is 0 Å². The van der Waals surface area contributed by atoms with Crippen molar-refractivity contribution >= 4 is 23.3 Å². The maximum absolute atomic E-state index is 12.8. The Labute approximate surface area is 153 Å². The molecule has 1 aliphatic heterocycles. The molecule has 6 nitrogen and oxygen atoms in total. The lowest BCUT2D eigenvalue weighted by Crippen LogP contribution is -2.58. The van der Waals surface area contributed by atoms with E-state index < -0.39 is 6.04 Å². The highest BCUT2D eigenvalue weighted by atomic mass is 16.5. The molecule has 2 aromatic rings. The van der Waals surface area contributed by atoms with E-state index in [1.807, 2.05) is 55.5 Å². The van der Waals surface area contributed by atoms with Gasteiger partial charge in [-0.3, -0.25) is 4.79 Å². The molecule has 0 aliphatic carbocycles.